The predicted molar refractivity (Wildman–Crippen MR) is 62.5 cm³/mol. The van der Waals surface area contributed by atoms with Crippen molar-refractivity contribution in [3.05, 3.63) is 35.4 Å². The zero-order valence-electron chi connectivity index (χ0n) is 9.28. The Morgan fingerprint density at radius 2 is 1.88 bits per heavy atom. The van der Waals surface area contributed by atoms with Crippen LogP contribution in [0.2, 0.25) is 0 Å². The van der Waals surface area contributed by atoms with Gasteiger partial charge >= 0.3 is 0 Å². The van der Waals surface area contributed by atoms with E-state index in [9.17, 15) is 4.79 Å². The molecule has 0 atom stereocenters. The van der Waals surface area contributed by atoms with Gasteiger partial charge in [0.25, 0.3) is 0 Å². The number of aliphatic hydroxyl groups excluding tert-OH is 1. The molecule has 0 heterocycles. The third-order valence-corrected chi connectivity index (χ3v) is 2.30. The molecule has 0 fully saturated rings. The average molecular weight is 222 g/mol. The predicted octanol–water partition coefficient (Wildman–Crippen LogP) is 0.534. The third-order valence-electron chi connectivity index (χ3n) is 2.30. The summed E-state index contributed by atoms with van der Waals surface area (Å²) in [7, 11) is 0. The highest BCUT2D eigenvalue weighted by atomic mass is 16.3. The molecule has 1 amide bonds. The fourth-order valence-electron chi connectivity index (χ4n) is 1.31. The molecule has 0 spiro atoms. The number of hydrogen-bond donors (Lipinski definition) is 3. The van der Waals surface area contributed by atoms with Crippen LogP contribution in [0.3, 0.4) is 0 Å². The molecule has 0 bridgehead atoms. The smallest absolute Gasteiger partial charge is 0.220 e. The molecule has 0 aromatic heterocycles. The van der Waals surface area contributed by atoms with Gasteiger partial charge in [0.1, 0.15) is 0 Å². The molecule has 0 saturated carbocycles. The fourth-order valence-corrected chi connectivity index (χ4v) is 1.31. The second kappa shape index (κ2) is 6.98. The minimum absolute atomic E-state index is 0.0247. The summed E-state index contributed by atoms with van der Waals surface area (Å²) in [6.07, 6.45) is 1.19. The molecule has 4 N–H and O–H groups in total. The minimum atomic E-state index is 0.0247. The van der Waals surface area contributed by atoms with Gasteiger partial charge in [-0.3, -0.25) is 4.79 Å². The molecule has 0 radical (unpaired) electrons. The Balaban J connectivity index is 2.33. The molecular weight excluding hydrogens is 204 g/mol. The average Bonchev–Trinajstić information content (AvgIpc) is 2.34. The van der Waals surface area contributed by atoms with E-state index in [2.05, 4.69) is 5.32 Å². The molecule has 0 saturated heterocycles. The Morgan fingerprint density at radius 1 is 1.25 bits per heavy atom. The van der Waals surface area contributed by atoms with Crippen LogP contribution in [-0.2, 0) is 17.9 Å². The van der Waals surface area contributed by atoms with E-state index < -0.39 is 0 Å². The number of nitrogens with one attached hydrogen (secondary N) is 1. The minimum Gasteiger partial charge on any atom is -0.392 e. The van der Waals surface area contributed by atoms with Crippen molar-refractivity contribution in [2.24, 2.45) is 5.73 Å². The number of benzene rings is 1. The van der Waals surface area contributed by atoms with Crippen LogP contribution in [0.4, 0.5) is 0 Å². The largest absolute Gasteiger partial charge is 0.392 e. The Bertz CT molecular complexity index is 322. The van der Waals surface area contributed by atoms with E-state index in [1.807, 2.05) is 24.3 Å². The van der Waals surface area contributed by atoms with E-state index >= 15 is 0 Å². The molecule has 16 heavy (non-hydrogen) atoms. The van der Waals surface area contributed by atoms with Gasteiger partial charge in [-0.15, -0.1) is 0 Å². The fraction of sp³-hybridized carbons (Fsp3) is 0.417. The van der Waals surface area contributed by atoms with Crippen molar-refractivity contribution in [1.29, 1.82) is 0 Å². The van der Waals surface area contributed by atoms with Crippen molar-refractivity contribution in [3.8, 4) is 0 Å². The third kappa shape index (κ3) is 4.42. The van der Waals surface area contributed by atoms with E-state index in [4.69, 9.17) is 10.8 Å². The molecule has 4 heteroatoms. The van der Waals surface area contributed by atoms with Crippen molar-refractivity contribution >= 4 is 5.91 Å². The van der Waals surface area contributed by atoms with Gasteiger partial charge < -0.3 is 16.2 Å². The Hall–Kier alpha value is -1.39. The number of aliphatic hydroxyl groups is 1. The Labute approximate surface area is 95.5 Å². The maximum absolute atomic E-state index is 11.3. The SMILES string of the molecule is NCCCC(=O)NCc1ccc(CO)cc1. The highest BCUT2D eigenvalue weighted by Crippen LogP contribution is 2.04. The number of carbonyl (C=O) groups is 1. The summed E-state index contributed by atoms with van der Waals surface area (Å²) in [5, 5.41) is 11.7. The summed E-state index contributed by atoms with van der Waals surface area (Å²) < 4.78 is 0. The van der Waals surface area contributed by atoms with Crippen LogP contribution in [0.5, 0.6) is 0 Å². The standard InChI is InChI=1S/C12H18N2O2/c13-7-1-2-12(16)14-8-10-3-5-11(9-15)6-4-10/h3-6,15H,1-2,7-9,13H2,(H,14,16). The van der Waals surface area contributed by atoms with Crippen LogP contribution in [0.25, 0.3) is 0 Å². The maximum Gasteiger partial charge on any atom is 0.220 e. The zero-order valence-corrected chi connectivity index (χ0v) is 9.28. The summed E-state index contributed by atoms with van der Waals surface area (Å²) in [4.78, 5) is 11.3. The molecule has 0 aliphatic carbocycles. The number of nitrogens with two attached hydrogens (primary N) is 1. The number of amides is 1. The summed E-state index contributed by atoms with van der Waals surface area (Å²) >= 11 is 0. The number of rotatable bonds is 6. The number of hydrogen-bond acceptors (Lipinski definition) is 3. The van der Waals surface area contributed by atoms with Crippen molar-refractivity contribution in [3.63, 3.8) is 0 Å². The van der Waals surface area contributed by atoms with Gasteiger partial charge in [-0.2, -0.15) is 0 Å². The maximum atomic E-state index is 11.3. The summed E-state index contributed by atoms with van der Waals surface area (Å²) in [5.41, 5.74) is 7.21. The molecule has 1 rings (SSSR count). The van der Waals surface area contributed by atoms with Gasteiger partial charge in [0.05, 0.1) is 6.61 Å². The van der Waals surface area contributed by atoms with Crippen molar-refractivity contribution < 1.29 is 9.90 Å². The van der Waals surface area contributed by atoms with Gasteiger partial charge in [0.15, 0.2) is 0 Å². The second-order valence-electron chi connectivity index (χ2n) is 3.64. The lowest BCUT2D eigenvalue weighted by molar-refractivity contribution is -0.121. The molecular formula is C12H18N2O2. The lowest BCUT2D eigenvalue weighted by atomic mass is 10.1. The van der Waals surface area contributed by atoms with Crippen LogP contribution >= 0.6 is 0 Å². The molecule has 4 nitrogen and oxygen atoms in total. The summed E-state index contributed by atoms with van der Waals surface area (Å²) in [6, 6.07) is 7.49. The van der Waals surface area contributed by atoms with Crippen molar-refractivity contribution in [1.82, 2.24) is 5.32 Å². The van der Waals surface area contributed by atoms with Crippen molar-refractivity contribution in [2.75, 3.05) is 6.54 Å². The highest BCUT2D eigenvalue weighted by Gasteiger charge is 2.00. The zero-order chi connectivity index (χ0) is 11.8. The summed E-state index contributed by atoms with van der Waals surface area (Å²) in [6.45, 7) is 1.11. The van der Waals surface area contributed by atoms with E-state index in [0.717, 1.165) is 17.5 Å². The molecule has 1 aromatic carbocycles. The van der Waals surface area contributed by atoms with E-state index in [0.29, 0.717) is 19.5 Å². The van der Waals surface area contributed by atoms with Gasteiger partial charge in [0.2, 0.25) is 5.91 Å². The van der Waals surface area contributed by atoms with Gasteiger partial charge in [0, 0.05) is 13.0 Å². The van der Waals surface area contributed by atoms with Crippen LogP contribution in [-0.4, -0.2) is 17.6 Å². The second-order valence-corrected chi connectivity index (χ2v) is 3.64. The molecule has 88 valence electrons. The lowest BCUT2D eigenvalue weighted by Gasteiger charge is -2.05. The van der Waals surface area contributed by atoms with Crippen LogP contribution in [0.1, 0.15) is 24.0 Å². The Morgan fingerprint density at radius 3 is 2.44 bits per heavy atom. The molecule has 0 aliphatic rings. The van der Waals surface area contributed by atoms with E-state index in [1.54, 1.807) is 0 Å². The van der Waals surface area contributed by atoms with Crippen LogP contribution < -0.4 is 11.1 Å². The topological polar surface area (TPSA) is 75.4 Å². The Kier molecular flexibility index (Phi) is 5.53. The van der Waals surface area contributed by atoms with E-state index in [1.165, 1.54) is 0 Å². The van der Waals surface area contributed by atoms with Gasteiger partial charge in [-0.1, -0.05) is 24.3 Å². The first kappa shape index (κ1) is 12.7. The van der Waals surface area contributed by atoms with Crippen LogP contribution in [0.15, 0.2) is 24.3 Å². The highest BCUT2D eigenvalue weighted by molar-refractivity contribution is 5.75. The lowest BCUT2D eigenvalue weighted by Crippen LogP contribution is -2.23. The first-order chi connectivity index (χ1) is 7.76. The summed E-state index contributed by atoms with van der Waals surface area (Å²) in [5.74, 6) is 0.0247. The molecule has 1 aromatic rings. The molecule has 0 unspecified atom stereocenters. The van der Waals surface area contributed by atoms with Gasteiger partial charge in [-0.25, -0.2) is 0 Å². The van der Waals surface area contributed by atoms with Gasteiger partial charge in [-0.05, 0) is 24.1 Å². The number of carbonyl (C=O) groups excluding carboxylic acids is 1. The van der Waals surface area contributed by atoms with E-state index in [-0.39, 0.29) is 12.5 Å². The van der Waals surface area contributed by atoms with Crippen LogP contribution in [0, 0.1) is 0 Å². The quantitative estimate of drug-likeness (QED) is 0.657. The van der Waals surface area contributed by atoms with Crippen molar-refractivity contribution in [2.45, 2.75) is 26.0 Å². The first-order valence-corrected chi connectivity index (χ1v) is 5.41. The monoisotopic (exact) mass is 222 g/mol. The first-order valence-electron chi connectivity index (χ1n) is 5.41. The normalized spacial score (nSPS) is 10.1. The molecule has 0 aliphatic heterocycles.